The molecule has 1 aromatic carbocycles. The minimum Gasteiger partial charge on any atom is -0.381 e. The van der Waals surface area contributed by atoms with E-state index in [2.05, 4.69) is 56.1 Å². The van der Waals surface area contributed by atoms with Gasteiger partial charge in [-0.05, 0) is 39.3 Å². The highest BCUT2D eigenvalue weighted by molar-refractivity contribution is 5.76. The van der Waals surface area contributed by atoms with Gasteiger partial charge in [0.2, 0.25) is 0 Å². The molecule has 0 fully saturated rings. The van der Waals surface area contributed by atoms with Crippen molar-refractivity contribution in [3.8, 4) is 0 Å². The van der Waals surface area contributed by atoms with Crippen LogP contribution < -0.4 is 10.2 Å². The molecule has 0 saturated heterocycles. The van der Waals surface area contributed by atoms with Gasteiger partial charge in [0, 0.05) is 18.6 Å². The van der Waals surface area contributed by atoms with Crippen molar-refractivity contribution in [3.63, 3.8) is 0 Å². The summed E-state index contributed by atoms with van der Waals surface area (Å²) in [6.45, 7) is 10.0. The van der Waals surface area contributed by atoms with Gasteiger partial charge in [-0.2, -0.15) is 0 Å². The van der Waals surface area contributed by atoms with Crippen LogP contribution in [0.15, 0.2) is 18.2 Å². The Morgan fingerprint density at radius 1 is 1.40 bits per heavy atom. The number of aryl methyl sites for hydroxylation is 1. The van der Waals surface area contributed by atoms with Crippen LogP contribution in [-0.4, -0.2) is 18.6 Å². The zero-order chi connectivity index (χ0) is 11.0. The Labute approximate surface area is 92.3 Å². The molecule has 0 radical (unpaired) electrons. The van der Waals surface area contributed by atoms with Gasteiger partial charge in [0.25, 0.3) is 0 Å². The van der Waals surface area contributed by atoms with Crippen LogP contribution in [0, 0.1) is 6.92 Å². The number of hydrogen-bond acceptors (Lipinski definition) is 2. The maximum atomic E-state index is 3.50. The Balaban J connectivity index is 2.51. The van der Waals surface area contributed by atoms with Gasteiger partial charge in [0.15, 0.2) is 0 Å². The van der Waals surface area contributed by atoms with Crippen molar-refractivity contribution in [2.45, 2.75) is 39.8 Å². The third kappa shape index (κ3) is 1.69. The molecular formula is C13H20N2. The van der Waals surface area contributed by atoms with E-state index < -0.39 is 0 Å². The molecule has 2 heteroatoms. The molecular weight excluding hydrogens is 184 g/mol. The van der Waals surface area contributed by atoms with E-state index in [9.17, 15) is 0 Å². The summed E-state index contributed by atoms with van der Waals surface area (Å²) in [4.78, 5) is 2.52. The predicted octanol–water partition coefficient (Wildman–Crippen LogP) is 3.02. The average molecular weight is 204 g/mol. The van der Waals surface area contributed by atoms with E-state index in [0.717, 1.165) is 6.54 Å². The smallest absolute Gasteiger partial charge is 0.0637 e. The summed E-state index contributed by atoms with van der Waals surface area (Å²) >= 11 is 0. The third-order valence-electron chi connectivity index (χ3n) is 3.12. The van der Waals surface area contributed by atoms with Crippen LogP contribution >= 0.6 is 0 Å². The number of benzene rings is 1. The summed E-state index contributed by atoms with van der Waals surface area (Å²) < 4.78 is 0. The lowest BCUT2D eigenvalue weighted by Crippen LogP contribution is -2.46. The normalized spacial score (nSPS) is 20.1. The molecule has 1 aliphatic heterocycles. The van der Waals surface area contributed by atoms with Crippen LogP contribution in [-0.2, 0) is 0 Å². The maximum absolute atomic E-state index is 3.50. The summed E-state index contributed by atoms with van der Waals surface area (Å²) in [5.74, 6) is 0. The van der Waals surface area contributed by atoms with Crippen LogP contribution in [0.1, 0.15) is 26.3 Å². The molecule has 82 valence electrons. The zero-order valence-corrected chi connectivity index (χ0v) is 10.0. The molecule has 2 nitrogen and oxygen atoms in total. The Morgan fingerprint density at radius 3 is 2.80 bits per heavy atom. The van der Waals surface area contributed by atoms with Crippen molar-refractivity contribution >= 4 is 11.4 Å². The molecule has 1 aliphatic rings. The van der Waals surface area contributed by atoms with Crippen LogP contribution in [0.2, 0.25) is 0 Å². The second-order valence-electron chi connectivity index (χ2n) is 4.70. The summed E-state index contributed by atoms with van der Waals surface area (Å²) in [5.41, 5.74) is 4.02. The standard InChI is InChI=1S/C13H20N2/c1-9(2)15-11(4)8-14-12-7-5-6-10(3)13(12)15/h5-7,9,11,14H,8H2,1-4H3. The molecule has 15 heavy (non-hydrogen) atoms. The molecule has 1 atom stereocenters. The molecule has 0 bridgehead atoms. The molecule has 1 unspecified atom stereocenters. The molecule has 1 heterocycles. The van der Waals surface area contributed by atoms with E-state index in [4.69, 9.17) is 0 Å². The van der Waals surface area contributed by atoms with Gasteiger partial charge in [-0.15, -0.1) is 0 Å². The van der Waals surface area contributed by atoms with Gasteiger partial charge in [-0.1, -0.05) is 12.1 Å². The number of fused-ring (bicyclic) bond motifs is 1. The second-order valence-corrected chi connectivity index (χ2v) is 4.70. The highest BCUT2D eigenvalue weighted by atomic mass is 15.2. The van der Waals surface area contributed by atoms with Gasteiger partial charge >= 0.3 is 0 Å². The van der Waals surface area contributed by atoms with Gasteiger partial charge in [-0.3, -0.25) is 0 Å². The first-order chi connectivity index (χ1) is 7.11. The van der Waals surface area contributed by atoms with Crippen molar-refractivity contribution in [2.24, 2.45) is 0 Å². The first-order valence-corrected chi connectivity index (χ1v) is 5.73. The Hall–Kier alpha value is -1.18. The van der Waals surface area contributed by atoms with Gasteiger partial charge in [0.05, 0.1) is 11.4 Å². The van der Waals surface area contributed by atoms with Crippen LogP contribution in [0.25, 0.3) is 0 Å². The lowest BCUT2D eigenvalue weighted by molar-refractivity contribution is 0.578. The molecule has 2 rings (SSSR count). The van der Waals surface area contributed by atoms with Gasteiger partial charge < -0.3 is 10.2 Å². The fourth-order valence-corrected chi connectivity index (χ4v) is 2.49. The minimum absolute atomic E-state index is 0.557. The molecule has 0 amide bonds. The topological polar surface area (TPSA) is 15.3 Å². The van der Waals surface area contributed by atoms with Crippen LogP contribution in [0.5, 0.6) is 0 Å². The van der Waals surface area contributed by atoms with Crippen molar-refractivity contribution in [3.05, 3.63) is 23.8 Å². The van der Waals surface area contributed by atoms with E-state index in [1.54, 1.807) is 0 Å². The highest BCUT2D eigenvalue weighted by Crippen LogP contribution is 2.35. The van der Waals surface area contributed by atoms with E-state index in [-0.39, 0.29) is 0 Å². The molecule has 0 aromatic heterocycles. The van der Waals surface area contributed by atoms with Crippen molar-refractivity contribution in [1.29, 1.82) is 0 Å². The van der Waals surface area contributed by atoms with Gasteiger partial charge in [0.1, 0.15) is 0 Å². The maximum Gasteiger partial charge on any atom is 0.0637 e. The minimum atomic E-state index is 0.557. The van der Waals surface area contributed by atoms with Crippen molar-refractivity contribution < 1.29 is 0 Å². The van der Waals surface area contributed by atoms with E-state index >= 15 is 0 Å². The monoisotopic (exact) mass is 204 g/mol. The Morgan fingerprint density at radius 2 is 2.13 bits per heavy atom. The van der Waals surface area contributed by atoms with E-state index in [1.165, 1.54) is 16.9 Å². The average Bonchev–Trinajstić information content (AvgIpc) is 2.18. The molecule has 1 aromatic rings. The SMILES string of the molecule is Cc1cccc2c1N(C(C)C)C(C)CN2. The molecule has 1 N–H and O–H groups in total. The number of rotatable bonds is 1. The summed E-state index contributed by atoms with van der Waals surface area (Å²) in [7, 11) is 0. The lowest BCUT2D eigenvalue weighted by Gasteiger charge is -2.41. The first-order valence-electron chi connectivity index (χ1n) is 5.73. The van der Waals surface area contributed by atoms with Crippen LogP contribution in [0.4, 0.5) is 11.4 Å². The van der Waals surface area contributed by atoms with E-state index in [0.29, 0.717) is 12.1 Å². The van der Waals surface area contributed by atoms with Gasteiger partial charge in [-0.25, -0.2) is 0 Å². The highest BCUT2D eigenvalue weighted by Gasteiger charge is 2.25. The molecule has 0 aliphatic carbocycles. The molecule has 0 saturated carbocycles. The largest absolute Gasteiger partial charge is 0.381 e. The number of anilines is 2. The zero-order valence-electron chi connectivity index (χ0n) is 10.0. The number of para-hydroxylation sites is 1. The Kier molecular flexibility index (Phi) is 2.59. The first kappa shape index (κ1) is 10.3. The quantitative estimate of drug-likeness (QED) is 0.756. The number of nitrogens with zero attached hydrogens (tertiary/aromatic N) is 1. The lowest BCUT2D eigenvalue weighted by atomic mass is 10.0. The van der Waals surface area contributed by atoms with Crippen molar-refractivity contribution in [1.82, 2.24) is 0 Å². The fourth-order valence-electron chi connectivity index (χ4n) is 2.49. The fraction of sp³-hybridized carbons (Fsp3) is 0.538. The summed E-state index contributed by atoms with van der Waals surface area (Å²) in [6.07, 6.45) is 0. The third-order valence-corrected chi connectivity index (χ3v) is 3.12. The van der Waals surface area contributed by atoms with E-state index in [1.807, 2.05) is 0 Å². The van der Waals surface area contributed by atoms with Crippen molar-refractivity contribution in [2.75, 3.05) is 16.8 Å². The summed E-state index contributed by atoms with van der Waals surface area (Å²) in [6, 6.07) is 7.60. The Bertz CT molecular complexity index is 358. The number of hydrogen-bond donors (Lipinski definition) is 1. The van der Waals surface area contributed by atoms with Crippen LogP contribution in [0.3, 0.4) is 0 Å². The second kappa shape index (κ2) is 3.76. The summed E-state index contributed by atoms with van der Waals surface area (Å²) in [5, 5.41) is 3.50. The predicted molar refractivity (Wildman–Crippen MR) is 66.7 cm³/mol. The number of nitrogens with one attached hydrogen (secondary N) is 1. The molecule has 0 spiro atoms.